The summed E-state index contributed by atoms with van der Waals surface area (Å²) in [5, 5.41) is 8.22. The van der Waals surface area contributed by atoms with Gasteiger partial charge in [0.1, 0.15) is 13.2 Å². The van der Waals surface area contributed by atoms with Gasteiger partial charge in [-0.25, -0.2) is 4.79 Å². The number of carbonyl (C=O) groups excluding carboxylic acids is 1. The quantitative estimate of drug-likeness (QED) is 0.457. The monoisotopic (exact) mass is 463 g/mol. The number of benzene rings is 3. The highest BCUT2D eigenvalue weighted by molar-refractivity contribution is 7.80. The number of urea groups is 1. The Balaban J connectivity index is 1.32. The molecule has 0 aliphatic carbocycles. The van der Waals surface area contributed by atoms with Crippen LogP contribution in [-0.2, 0) is 0 Å². The zero-order valence-electron chi connectivity index (χ0n) is 18.5. The molecule has 2 N–H and O–H groups in total. The van der Waals surface area contributed by atoms with Gasteiger partial charge < -0.3 is 25.0 Å². The van der Waals surface area contributed by atoms with E-state index in [2.05, 4.69) is 21.6 Å². The van der Waals surface area contributed by atoms with E-state index in [-0.39, 0.29) is 17.3 Å². The summed E-state index contributed by atoms with van der Waals surface area (Å²) >= 11 is 4.94. The van der Waals surface area contributed by atoms with E-state index in [0.717, 1.165) is 53.2 Å². The molecule has 172 valence electrons. The molecule has 2 atom stereocenters. The second kappa shape index (κ2) is 9.93. The van der Waals surface area contributed by atoms with Crippen molar-refractivity contribution < 1.29 is 14.3 Å². The SMILES string of the molecule is O=C(Nc1ccc2ccccc2c1)NC(CN1CCCC1)C(S)c1ccc2c(c1)OCCO2. The van der Waals surface area contributed by atoms with E-state index in [1.165, 1.54) is 12.8 Å². The zero-order valence-corrected chi connectivity index (χ0v) is 19.4. The van der Waals surface area contributed by atoms with Gasteiger partial charge in [0.2, 0.25) is 0 Å². The maximum absolute atomic E-state index is 13.0. The molecule has 3 aromatic rings. The highest BCUT2D eigenvalue weighted by Crippen LogP contribution is 2.35. The van der Waals surface area contributed by atoms with Crippen LogP contribution in [0.15, 0.2) is 60.7 Å². The van der Waals surface area contributed by atoms with E-state index < -0.39 is 0 Å². The first kappa shape index (κ1) is 21.9. The van der Waals surface area contributed by atoms with Crippen LogP contribution in [0.25, 0.3) is 10.8 Å². The summed E-state index contributed by atoms with van der Waals surface area (Å²) in [5.74, 6) is 1.49. The summed E-state index contributed by atoms with van der Waals surface area (Å²) in [6.07, 6.45) is 2.38. The molecule has 2 aliphatic heterocycles. The van der Waals surface area contributed by atoms with E-state index in [4.69, 9.17) is 22.1 Å². The lowest BCUT2D eigenvalue weighted by Crippen LogP contribution is -2.47. The first-order valence-electron chi connectivity index (χ1n) is 11.5. The number of rotatable bonds is 6. The number of ether oxygens (including phenoxy) is 2. The lowest BCUT2D eigenvalue weighted by atomic mass is 10.0. The van der Waals surface area contributed by atoms with Crippen LogP contribution in [0.3, 0.4) is 0 Å². The van der Waals surface area contributed by atoms with Crippen molar-refractivity contribution in [2.75, 3.05) is 38.2 Å². The number of anilines is 1. The van der Waals surface area contributed by atoms with Crippen LogP contribution >= 0.6 is 12.6 Å². The minimum Gasteiger partial charge on any atom is -0.486 e. The molecule has 3 aromatic carbocycles. The van der Waals surface area contributed by atoms with E-state index in [0.29, 0.717) is 13.2 Å². The third kappa shape index (κ3) is 5.20. The topological polar surface area (TPSA) is 62.8 Å². The summed E-state index contributed by atoms with van der Waals surface area (Å²) in [6.45, 7) is 3.94. The van der Waals surface area contributed by atoms with Crippen LogP contribution in [0.4, 0.5) is 10.5 Å². The van der Waals surface area contributed by atoms with Gasteiger partial charge in [-0.05, 0) is 66.5 Å². The second-order valence-corrected chi connectivity index (χ2v) is 9.18. The average molecular weight is 464 g/mol. The van der Waals surface area contributed by atoms with Gasteiger partial charge in [-0.3, -0.25) is 0 Å². The largest absolute Gasteiger partial charge is 0.486 e. The molecular weight excluding hydrogens is 434 g/mol. The van der Waals surface area contributed by atoms with Crippen molar-refractivity contribution in [3.05, 3.63) is 66.2 Å². The standard InChI is InChI=1S/C26H29N3O3S/c30-26(27-21-9-7-18-5-1-2-6-19(18)15-21)28-22(17-29-11-3-4-12-29)25(33)20-8-10-23-24(16-20)32-14-13-31-23/h1-2,5-10,15-16,22,25,33H,3-4,11-14,17H2,(H2,27,28,30). The average Bonchev–Trinajstić information content (AvgIpc) is 3.36. The minimum absolute atomic E-state index is 0.172. The predicted molar refractivity (Wildman–Crippen MR) is 135 cm³/mol. The number of fused-ring (bicyclic) bond motifs is 2. The Morgan fingerprint density at radius 2 is 1.70 bits per heavy atom. The van der Waals surface area contributed by atoms with Crippen molar-refractivity contribution in [2.45, 2.75) is 24.1 Å². The van der Waals surface area contributed by atoms with Crippen molar-refractivity contribution in [1.29, 1.82) is 0 Å². The molecule has 0 saturated carbocycles. The third-order valence-electron chi connectivity index (χ3n) is 6.27. The fourth-order valence-corrected chi connectivity index (χ4v) is 4.88. The lowest BCUT2D eigenvalue weighted by Gasteiger charge is -2.30. The summed E-state index contributed by atoms with van der Waals surface area (Å²) in [5.41, 5.74) is 1.76. The number of likely N-dealkylation sites (tertiary alicyclic amines) is 1. The van der Waals surface area contributed by atoms with Crippen molar-refractivity contribution >= 4 is 35.1 Å². The molecule has 5 rings (SSSR count). The van der Waals surface area contributed by atoms with E-state index >= 15 is 0 Å². The van der Waals surface area contributed by atoms with Crippen molar-refractivity contribution in [3.8, 4) is 11.5 Å². The Hall–Kier alpha value is -2.90. The Labute approximate surface area is 199 Å². The molecule has 0 bridgehead atoms. The van der Waals surface area contributed by atoms with Crippen LogP contribution in [0, 0.1) is 0 Å². The summed E-state index contributed by atoms with van der Waals surface area (Å²) in [7, 11) is 0. The van der Waals surface area contributed by atoms with Crippen LogP contribution < -0.4 is 20.1 Å². The molecular formula is C26H29N3O3S. The molecule has 0 aromatic heterocycles. The molecule has 1 fully saturated rings. The van der Waals surface area contributed by atoms with Gasteiger partial charge >= 0.3 is 6.03 Å². The van der Waals surface area contributed by atoms with Crippen LogP contribution in [-0.4, -0.2) is 49.8 Å². The van der Waals surface area contributed by atoms with E-state index in [9.17, 15) is 4.79 Å². The van der Waals surface area contributed by atoms with Gasteiger partial charge in [-0.2, -0.15) is 12.6 Å². The molecule has 6 nitrogen and oxygen atoms in total. The number of thiol groups is 1. The van der Waals surface area contributed by atoms with Gasteiger partial charge in [-0.1, -0.05) is 36.4 Å². The van der Waals surface area contributed by atoms with E-state index in [1.807, 2.05) is 54.6 Å². The third-order valence-corrected chi connectivity index (χ3v) is 6.92. The maximum Gasteiger partial charge on any atom is 0.319 e. The Morgan fingerprint density at radius 3 is 2.52 bits per heavy atom. The Kier molecular flexibility index (Phi) is 6.60. The first-order valence-corrected chi connectivity index (χ1v) is 12.0. The van der Waals surface area contributed by atoms with Crippen LogP contribution in [0.5, 0.6) is 11.5 Å². The minimum atomic E-state index is -0.230. The number of hydrogen-bond donors (Lipinski definition) is 3. The van der Waals surface area contributed by atoms with Gasteiger partial charge in [-0.15, -0.1) is 0 Å². The fraction of sp³-hybridized carbons (Fsp3) is 0.346. The number of nitrogens with one attached hydrogen (secondary N) is 2. The Bertz CT molecular complexity index is 1130. The highest BCUT2D eigenvalue weighted by atomic mass is 32.1. The molecule has 0 spiro atoms. The zero-order chi connectivity index (χ0) is 22.6. The Morgan fingerprint density at radius 1 is 0.939 bits per heavy atom. The summed E-state index contributed by atoms with van der Waals surface area (Å²) < 4.78 is 11.4. The molecule has 7 heteroatoms. The molecule has 2 amide bonds. The summed E-state index contributed by atoms with van der Waals surface area (Å²) in [4.78, 5) is 15.4. The van der Waals surface area contributed by atoms with Crippen LogP contribution in [0.2, 0.25) is 0 Å². The van der Waals surface area contributed by atoms with Gasteiger partial charge in [0.05, 0.1) is 6.04 Å². The van der Waals surface area contributed by atoms with Crippen LogP contribution in [0.1, 0.15) is 23.7 Å². The highest BCUT2D eigenvalue weighted by Gasteiger charge is 2.27. The second-order valence-electron chi connectivity index (χ2n) is 8.62. The smallest absolute Gasteiger partial charge is 0.319 e. The molecule has 1 saturated heterocycles. The van der Waals surface area contributed by atoms with Crippen molar-refractivity contribution in [2.24, 2.45) is 0 Å². The van der Waals surface area contributed by atoms with Crippen molar-refractivity contribution in [3.63, 3.8) is 0 Å². The maximum atomic E-state index is 13.0. The number of carbonyl (C=O) groups is 1. The number of hydrogen-bond acceptors (Lipinski definition) is 5. The fourth-order valence-electron chi connectivity index (χ4n) is 4.55. The molecule has 0 radical (unpaired) electrons. The molecule has 2 aliphatic rings. The first-order chi connectivity index (χ1) is 16.2. The lowest BCUT2D eigenvalue weighted by molar-refractivity contribution is 0.171. The molecule has 2 unspecified atom stereocenters. The normalized spacial score (nSPS) is 17.5. The predicted octanol–water partition coefficient (Wildman–Crippen LogP) is 4.87. The van der Waals surface area contributed by atoms with E-state index in [1.54, 1.807) is 0 Å². The summed E-state index contributed by atoms with van der Waals surface area (Å²) in [6, 6.07) is 19.5. The number of nitrogens with zero attached hydrogens (tertiary/aromatic N) is 1. The van der Waals surface area contributed by atoms with Gasteiger partial charge in [0, 0.05) is 17.5 Å². The van der Waals surface area contributed by atoms with Gasteiger partial charge in [0.25, 0.3) is 0 Å². The molecule has 33 heavy (non-hydrogen) atoms. The molecule has 2 heterocycles. The number of amides is 2. The van der Waals surface area contributed by atoms with Crippen molar-refractivity contribution in [1.82, 2.24) is 10.2 Å². The van der Waals surface area contributed by atoms with Gasteiger partial charge in [0.15, 0.2) is 11.5 Å².